The van der Waals surface area contributed by atoms with Gasteiger partial charge in [-0.25, -0.2) is 4.98 Å². The number of fused-ring (bicyclic) bond motifs is 1. The molecule has 0 bridgehead atoms. The van der Waals surface area contributed by atoms with Crippen molar-refractivity contribution in [3.05, 3.63) is 57.8 Å². The average molecular weight is 293 g/mol. The van der Waals surface area contributed by atoms with Gasteiger partial charge in [-0.05, 0) is 24.1 Å². The first kappa shape index (κ1) is 12.7. The average Bonchev–Trinajstić information content (AvgIpc) is 2.93. The monoisotopic (exact) mass is 292 g/mol. The van der Waals surface area contributed by atoms with E-state index in [0.29, 0.717) is 11.4 Å². The van der Waals surface area contributed by atoms with Gasteiger partial charge in [0.25, 0.3) is 0 Å². The molecule has 2 heterocycles. The van der Waals surface area contributed by atoms with Gasteiger partial charge in [-0.3, -0.25) is 4.40 Å². The summed E-state index contributed by atoms with van der Waals surface area (Å²) in [5.41, 5.74) is 2.73. The molecule has 0 saturated heterocycles. The molecule has 0 aliphatic heterocycles. The van der Waals surface area contributed by atoms with Crippen molar-refractivity contribution in [2.24, 2.45) is 0 Å². The number of imidazole rings is 1. The zero-order valence-electron chi connectivity index (χ0n) is 10.4. The molecule has 19 heavy (non-hydrogen) atoms. The Bertz CT molecular complexity index is 691. The van der Waals surface area contributed by atoms with Crippen molar-refractivity contribution in [3.63, 3.8) is 0 Å². The largest absolute Gasteiger partial charge is 0.388 e. The molecule has 1 aromatic carbocycles. The van der Waals surface area contributed by atoms with Gasteiger partial charge in [0.05, 0.1) is 11.8 Å². The maximum atomic E-state index is 10.2. The Labute approximate surface area is 120 Å². The minimum atomic E-state index is -0.581. The molecule has 1 N–H and O–H groups in total. The van der Waals surface area contributed by atoms with Crippen LogP contribution in [0, 0.1) is 6.92 Å². The molecule has 3 aromatic rings. The summed E-state index contributed by atoms with van der Waals surface area (Å²) in [5, 5.41) is 12.9. The van der Waals surface area contributed by atoms with Crippen molar-refractivity contribution in [1.82, 2.24) is 9.38 Å². The number of aromatic nitrogens is 2. The first-order chi connectivity index (χ1) is 9.13. The summed E-state index contributed by atoms with van der Waals surface area (Å²) >= 11 is 7.66. The number of thiazole rings is 1. The first-order valence-electron chi connectivity index (χ1n) is 5.98. The second kappa shape index (κ2) is 4.96. The van der Waals surface area contributed by atoms with Gasteiger partial charge in [0.15, 0.2) is 4.96 Å². The summed E-state index contributed by atoms with van der Waals surface area (Å²) in [6.07, 6.45) is 3.83. The summed E-state index contributed by atoms with van der Waals surface area (Å²) in [5.74, 6) is 0. The van der Waals surface area contributed by atoms with E-state index < -0.39 is 6.10 Å². The normalized spacial score (nSPS) is 13.0. The van der Waals surface area contributed by atoms with E-state index in [1.54, 1.807) is 11.3 Å². The molecule has 2 aromatic heterocycles. The highest BCUT2D eigenvalue weighted by molar-refractivity contribution is 7.15. The van der Waals surface area contributed by atoms with Gasteiger partial charge in [-0.2, -0.15) is 0 Å². The number of benzene rings is 1. The topological polar surface area (TPSA) is 37.5 Å². The Kier molecular flexibility index (Phi) is 3.31. The number of hydrogen-bond donors (Lipinski definition) is 1. The molecular formula is C14H13ClN2OS. The molecule has 0 spiro atoms. The zero-order chi connectivity index (χ0) is 13.4. The van der Waals surface area contributed by atoms with Crippen LogP contribution in [0.4, 0.5) is 0 Å². The van der Waals surface area contributed by atoms with Crippen molar-refractivity contribution >= 4 is 27.9 Å². The highest BCUT2D eigenvalue weighted by Crippen LogP contribution is 2.24. The van der Waals surface area contributed by atoms with Gasteiger partial charge in [-0.1, -0.05) is 23.7 Å². The number of aliphatic hydroxyl groups is 1. The van der Waals surface area contributed by atoms with Gasteiger partial charge < -0.3 is 5.11 Å². The Morgan fingerprint density at radius 2 is 2.32 bits per heavy atom. The number of rotatable bonds is 3. The maximum absolute atomic E-state index is 10.2. The van der Waals surface area contributed by atoms with Gasteiger partial charge in [-0.15, -0.1) is 11.3 Å². The van der Waals surface area contributed by atoms with Crippen molar-refractivity contribution in [3.8, 4) is 0 Å². The lowest BCUT2D eigenvalue weighted by Crippen LogP contribution is -2.02. The van der Waals surface area contributed by atoms with Crippen molar-refractivity contribution < 1.29 is 5.11 Å². The summed E-state index contributed by atoms with van der Waals surface area (Å²) < 4.78 is 1.97. The summed E-state index contributed by atoms with van der Waals surface area (Å²) in [4.78, 5) is 5.41. The number of aliphatic hydroxyl groups excluding tert-OH is 1. The molecule has 98 valence electrons. The molecule has 0 fully saturated rings. The van der Waals surface area contributed by atoms with Crippen molar-refractivity contribution in [2.45, 2.75) is 19.4 Å². The second-order valence-corrected chi connectivity index (χ2v) is 5.83. The first-order valence-corrected chi connectivity index (χ1v) is 7.24. The fourth-order valence-corrected chi connectivity index (χ4v) is 2.91. The molecule has 5 heteroatoms. The van der Waals surface area contributed by atoms with Crippen LogP contribution in [0.2, 0.25) is 5.02 Å². The molecular weight excluding hydrogens is 280 g/mol. The molecule has 1 unspecified atom stereocenters. The van der Waals surface area contributed by atoms with E-state index in [-0.39, 0.29) is 0 Å². The van der Waals surface area contributed by atoms with Gasteiger partial charge in [0.2, 0.25) is 0 Å². The van der Waals surface area contributed by atoms with Crippen LogP contribution in [0.1, 0.15) is 22.9 Å². The Balaban J connectivity index is 1.82. The number of nitrogens with zero attached hydrogens (tertiary/aromatic N) is 2. The molecule has 3 rings (SSSR count). The fourth-order valence-electron chi connectivity index (χ4n) is 2.01. The van der Waals surface area contributed by atoms with Crippen molar-refractivity contribution in [2.75, 3.05) is 0 Å². The van der Waals surface area contributed by atoms with Gasteiger partial charge in [0.1, 0.15) is 0 Å². The van der Waals surface area contributed by atoms with E-state index in [2.05, 4.69) is 4.98 Å². The fraction of sp³-hybridized carbons (Fsp3) is 0.214. The van der Waals surface area contributed by atoms with Gasteiger partial charge >= 0.3 is 0 Å². The lowest BCUT2D eigenvalue weighted by molar-refractivity contribution is 0.177. The lowest BCUT2D eigenvalue weighted by Gasteiger charge is -2.10. The molecule has 1 atom stereocenters. The van der Waals surface area contributed by atoms with E-state index in [0.717, 1.165) is 21.8 Å². The van der Waals surface area contributed by atoms with Crippen LogP contribution in [-0.4, -0.2) is 14.5 Å². The number of halogens is 1. The quantitative estimate of drug-likeness (QED) is 0.800. The van der Waals surface area contributed by atoms with Crippen LogP contribution < -0.4 is 0 Å². The third kappa shape index (κ3) is 2.52. The molecule has 0 amide bonds. The lowest BCUT2D eigenvalue weighted by atomic mass is 10.0. The van der Waals surface area contributed by atoms with Crippen LogP contribution in [0.3, 0.4) is 0 Å². The molecule has 0 saturated carbocycles. The summed E-state index contributed by atoms with van der Waals surface area (Å²) in [6, 6.07) is 5.65. The van der Waals surface area contributed by atoms with Gasteiger partial charge in [0, 0.05) is 29.2 Å². The molecule has 0 aliphatic rings. The van der Waals surface area contributed by atoms with E-state index in [4.69, 9.17) is 11.6 Å². The summed E-state index contributed by atoms with van der Waals surface area (Å²) in [6.45, 7) is 1.95. The van der Waals surface area contributed by atoms with E-state index >= 15 is 0 Å². The van der Waals surface area contributed by atoms with Crippen LogP contribution in [0.5, 0.6) is 0 Å². The van der Waals surface area contributed by atoms with Crippen LogP contribution >= 0.6 is 22.9 Å². The van der Waals surface area contributed by atoms with Crippen LogP contribution in [0.15, 0.2) is 36.0 Å². The number of hydrogen-bond acceptors (Lipinski definition) is 3. The van der Waals surface area contributed by atoms with E-state index in [1.165, 1.54) is 0 Å². The zero-order valence-corrected chi connectivity index (χ0v) is 11.9. The smallest absolute Gasteiger partial charge is 0.193 e. The minimum absolute atomic E-state index is 0.494. The Morgan fingerprint density at radius 3 is 3.05 bits per heavy atom. The van der Waals surface area contributed by atoms with E-state index in [1.807, 2.05) is 47.3 Å². The van der Waals surface area contributed by atoms with Crippen LogP contribution in [0.25, 0.3) is 4.96 Å². The minimum Gasteiger partial charge on any atom is -0.388 e. The third-order valence-electron chi connectivity index (χ3n) is 3.13. The molecule has 3 nitrogen and oxygen atoms in total. The maximum Gasteiger partial charge on any atom is 0.193 e. The predicted octanol–water partition coefficient (Wildman–Crippen LogP) is 3.63. The SMILES string of the molecule is Cc1ccc(C(O)Cc2cn3ccsc3n2)cc1Cl. The Morgan fingerprint density at radius 1 is 1.47 bits per heavy atom. The molecule has 0 aliphatic carbocycles. The predicted molar refractivity (Wildman–Crippen MR) is 77.9 cm³/mol. The van der Waals surface area contributed by atoms with Crippen molar-refractivity contribution in [1.29, 1.82) is 0 Å². The number of aryl methyl sites for hydroxylation is 1. The van der Waals surface area contributed by atoms with Crippen LogP contribution in [-0.2, 0) is 6.42 Å². The highest BCUT2D eigenvalue weighted by Gasteiger charge is 2.12. The second-order valence-electron chi connectivity index (χ2n) is 4.55. The van der Waals surface area contributed by atoms with E-state index in [9.17, 15) is 5.11 Å². The standard InChI is InChI=1S/C14H13ClN2OS/c1-9-2-3-10(6-12(9)15)13(18)7-11-8-17-4-5-19-14(17)16-11/h2-6,8,13,18H,7H2,1H3. The Hall–Kier alpha value is -1.36. The highest BCUT2D eigenvalue weighted by atomic mass is 35.5. The molecule has 0 radical (unpaired) electrons. The third-order valence-corrected chi connectivity index (χ3v) is 4.30. The summed E-state index contributed by atoms with van der Waals surface area (Å²) in [7, 11) is 0.